The molecule has 5 atom stereocenters. The second-order valence-electron chi connectivity index (χ2n) is 8.55. The first-order chi connectivity index (χ1) is 15.4. The van der Waals surface area contributed by atoms with Gasteiger partial charge in [0, 0.05) is 24.1 Å². The van der Waals surface area contributed by atoms with Gasteiger partial charge in [0.25, 0.3) is 5.91 Å². The number of nitrogens with one attached hydrogen (secondary N) is 3. The van der Waals surface area contributed by atoms with Gasteiger partial charge in [0.05, 0.1) is 19.3 Å². The molecule has 1 fully saturated rings. The number of aliphatic hydroxyl groups excluding tert-OH is 2. The van der Waals surface area contributed by atoms with Crippen molar-refractivity contribution in [1.82, 2.24) is 10.6 Å². The van der Waals surface area contributed by atoms with Crippen LogP contribution in [0.25, 0.3) is 0 Å². The zero-order chi connectivity index (χ0) is 24.9. The fourth-order valence-electron chi connectivity index (χ4n) is 3.65. The lowest BCUT2D eigenvalue weighted by Gasteiger charge is -2.42. The van der Waals surface area contributed by atoms with Crippen LogP contribution in [0.4, 0.5) is 10.5 Å². The van der Waals surface area contributed by atoms with Crippen molar-refractivity contribution >= 4 is 29.4 Å². The molecular weight excluding hydrogens is 434 g/mol. The summed E-state index contributed by atoms with van der Waals surface area (Å²) in [5.74, 6) is -2.08. The highest BCUT2D eigenvalue weighted by Gasteiger charge is 2.50. The molecule has 0 bridgehead atoms. The zero-order valence-corrected chi connectivity index (χ0v) is 19.0. The highest BCUT2D eigenvalue weighted by atomic mass is 16.5. The molecule has 33 heavy (non-hydrogen) atoms. The Kier molecular flexibility index (Phi) is 8.53. The molecule has 182 valence electrons. The van der Waals surface area contributed by atoms with Gasteiger partial charge >= 0.3 is 12.0 Å². The van der Waals surface area contributed by atoms with Crippen LogP contribution in [0.3, 0.4) is 0 Å². The Bertz CT molecular complexity index is 888. The van der Waals surface area contributed by atoms with Crippen molar-refractivity contribution in [2.24, 2.45) is 5.92 Å². The Morgan fingerprint density at radius 1 is 1.09 bits per heavy atom. The number of hydrogen-bond acceptors (Lipinski definition) is 8. The van der Waals surface area contributed by atoms with E-state index in [1.165, 1.54) is 38.3 Å². The second-order valence-corrected chi connectivity index (χ2v) is 8.55. The van der Waals surface area contributed by atoms with Crippen molar-refractivity contribution in [1.29, 1.82) is 0 Å². The number of carbonyl (C=O) groups is 4. The first-order valence-corrected chi connectivity index (χ1v) is 10.5. The van der Waals surface area contributed by atoms with E-state index in [9.17, 15) is 34.5 Å². The number of ether oxygens (including phenoxy) is 1. The monoisotopic (exact) mass is 465 g/mol. The van der Waals surface area contributed by atoms with Crippen molar-refractivity contribution in [2.45, 2.75) is 63.5 Å². The minimum Gasteiger partial charge on any atom is -0.467 e. The van der Waals surface area contributed by atoms with E-state index in [4.69, 9.17) is 0 Å². The maximum absolute atomic E-state index is 12.8. The van der Waals surface area contributed by atoms with Crippen LogP contribution in [0.1, 0.15) is 44.0 Å². The summed E-state index contributed by atoms with van der Waals surface area (Å²) in [5, 5.41) is 38.9. The molecule has 0 heterocycles. The number of aliphatic hydroxyl groups is 3. The summed E-state index contributed by atoms with van der Waals surface area (Å²) in [6.07, 6.45) is -3.84. The minimum absolute atomic E-state index is 0.130. The number of esters is 1. The lowest BCUT2D eigenvalue weighted by atomic mass is 9.77. The summed E-state index contributed by atoms with van der Waals surface area (Å²) in [6.45, 7) is 4.78. The Balaban J connectivity index is 2.09. The fourth-order valence-corrected chi connectivity index (χ4v) is 3.65. The molecule has 1 aliphatic carbocycles. The van der Waals surface area contributed by atoms with E-state index >= 15 is 0 Å². The molecule has 5 unspecified atom stereocenters. The average molecular weight is 466 g/mol. The summed E-state index contributed by atoms with van der Waals surface area (Å²) < 4.78 is 4.68. The summed E-state index contributed by atoms with van der Waals surface area (Å²) in [5.41, 5.74) is -1.32. The Labute approximate surface area is 191 Å². The van der Waals surface area contributed by atoms with Crippen LogP contribution in [0.2, 0.25) is 0 Å². The summed E-state index contributed by atoms with van der Waals surface area (Å²) in [7, 11) is 1.17. The van der Waals surface area contributed by atoms with Crippen LogP contribution in [0.15, 0.2) is 24.3 Å². The van der Waals surface area contributed by atoms with Crippen LogP contribution in [-0.4, -0.2) is 76.0 Å². The van der Waals surface area contributed by atoms with E-state index in [1.807, 2.05) is 0 Å². The molecule has 0 aliphatic heterocycles. The van der Waals surface area contributed by atoms with Crippen LogP contribution in [0, 0.1) is 5.92 Å². The number of ketones is 1. The first-order valence-electron chi connectivity index (χ1n) is 10.5. The molecule has 0 saturated heterocycles. The largest absolute Gasteiger partial charge is 0.467 e. The fraction of sp³-hybridized carbons (Fsp3) is 0.545. The van der Waals surface area contributed by atoms with Crippen molar-refractivity contribution in [3.05, 3.63) is 29.8 Å². The van der Waals surface area contributed by atoms with Crippen LogP contribution < -0.4 is 16.0 Å². The third-order valence-corrected chi connectivity index (χ3v) is 5.61. The number of methoxy groups -OCH3 is 1. The quantitative estimate of drug-likeness (QED) is 0.240. The van der Waals surface area contributed by atoms with Crippen LogP contribution in [-0.2, 0) is 14.3 Å². The SMILES string of the molecule is COC(=O)C(NC(=O)C1(O)CC(O)C(O)C(NC(=O)Nc2ccc(C(C)=O)cc2)C1)C(C)C. The minimum atomic E-state index is -2.15. The summed E-state index contributed by atoms with van der Waals surface area (Å²) in [4.78, 5) is 48.5. The predicted molar refractivity (Wildman–Crippen MR) is 117 cm³/mol. The number of hydrogen-bond donors (Lipinski definition) is 6. The van der Waals surface area contributed by atoms with Gasteiger partial charge in [-0.3, -0.25) is 9.59 Å². The molecule has 0 spiro atoms. The number of rotatable bonds is 7. The highest BCUT2D eigenvalue weighted by molar-refractivity contribution is 5.95. The van der Waals surface area contributed by atoms with E-state index in [0.717, 1.165) is 0 Å². The first kappa shape index (κ1) is 26.2. The van der Waals surface area contributed by atoms with E-state index in [0.29, 0.717) is 11.3 Å². The normalized spacial score (nSPS) is 25.6. The standard InChI is InChI=1S/C22H31N3O8/c1-11(2)17(19(29)33-4)25-20(30)22(32)9-15(18(28)16(27)10-22)24-21(31)23-14-7-5-13(6-8-14)12(3)26/h5-8,11,15-18,27-28,32H,9-10H2,1-4H3,(H,25,30)(H2,23,24,31). The van der Waals surface area contributed by atoms with E-state index in [1.54, 1.807) is 13.8 Å². The Morgan fingerprint density at radius 3 is 2.21 bits per heavy atom. The van der Waals surface area contributed by atoms with Gasteiger partial charge in [0.2, 0.25) is 0 Å². The maximum atomic E-state index is 12.8. The number of carbonyl (C=O) groups excluding carboxylic acids is 4. The van der Waals surface area contributed by atoms with Gasteiger partial charge in [0.15, 0.2) is 5.78 Å². The van der Waals surface area contributed by atoms with E-state index in [-0.39, 0.29) is 11.7 Å². The predicted octanol–water partition coefficient (Wildman–Crippen LogP) is -0.0602. The van der Waals surface area contributed by atoms with Crippen molar-refractivity contribution in [3.63, 3.8) is 0 Å². The van der Waals surface area contributed by atoms with Gasteiger partial charge in [-0.25, -0.2) is 9.59 Å². The van der Waals surface area contributed by atoms with Crippen molar-refractivity contribution in [3.8, 4) is 0 Å². The topological polar surface area (TPSA) is 174 Å². The lowest BCUT2D eigenvalue weighted by molar-refractivity contribution is -0.161. The Morgan fingerprint density at radius 2 is 1.70 bits per heavy atom. The molecule has 0 radical (unpaired) electrons. The summed E-state index contributed by atoms with van der Waals surface area (Å²) in [6, 6.07) is 3.16. The van der Waals surface area contributed by atoms with Gasteiger partial charge in [-0.05, 0) is 37.1 Å². The molecular formula is C22H31N3O8. The number of anilines is 1. The number of urea groups is 1. The zero-order valence-electron chi connectivity index (χ0n) is 19.0. The molecule has 1 aromatic carbocycles. The van der Waals surface area contributed by atoms with E-state index in [2.05, 4.69) is 20.7 Å². The molecule has 11 heteroatoms. The van der Waals surface area contributed by atoms with E-state index < -0.39 is 60.6 Å². The number of amides is 3. The molecule has 6 N–H and O–H groups in total. The summed E-state index contributed by atoms with van der Waals surface area (Å²) >= 11 is 0. The maximum Gasteiger partial charge on any atom is 0.328 e. The van der Waals surface area contributed by atoms with Crippen LogP contribution in [0.5, 0.6) is 0 Å². The number of benzene rings is 1. The molecule has 2 rings (SSSR count). The Hall–Kier alpha value is -3.02. The van der Waals surface area contributed by atoms with Gasteiger partial charge in [0.1, 0.15) is 17.7 Å². The third kappa shape index (κ3) is 6.50. The van der Waals surface area contributed by atoms with Gasteiger partial charge in [-0.15, -0.1) is 0 Å². The highest BCUT2D eigenvalue weighted by Crippen LogP contribution is 2.30. The molecule has 0 aromatic heterocycles. The third-order valence-electron chi connectivity index (χ3n) is 5.61. The van der Waals surface area contributed by atoms with Gasteiger partial charge in [-0.1, -0.05) is 13.8 Å². The average Bonchev–Trinajstić information content (AvgIpc) is 2.74. The molecule has 3 amide bonds. The molecule has 11 nitrogen and oxygen atoms in total. The molecule has 1 aromatic rings. The molecule has 1 saturated carbocycles. The smallest absolute Gasteiger partial charge is 0.328 e. The van der Waals surface area contributed by atoms with Crippen molar-refractivity contribution in [2.75, 3.05) is 12.4 Å². The van der Waals surface area contributed by atoms with Gasteiger partial charge < -0.3 is 36.0 Å². The number of Topliss-reactive ketones (excluding diaryl/α,β-unsaturated/α-hetero) is 1. The van der Waals surface area contributed by atoms with Gasteiger partial charge in [-0.2, -0.15) is 0 Å². The van der Waals surface area contributed by atoms with Crippen LogP contribution >= 0.6 is 0 Å². The molecule has 1 aliphatic rings. The lowest BCUT2D eigenvalue weighted by Crippen LogP contribution is -2.64. The second kappa shape index (κ2) is 10.7. The van der Waals surface area contributed by atoms with Crippen molar-refractivity contribution < 1.29 is 39.2 Å².